The minimum absolute atomic E-state index is 0.182. The summed E-state index contributed by atoms with van der Waals surface area (Å²) in [5.41, 5.74) is 0.797. The summed E-state index contributed by atoms with van der Waals surface area (Å²) in [4.78, 5) is 16.2. The van der Waals surface area contributed by atoms with Crippen molar-refractivity contribution >= 4 is 5.91 Å². The second-order valence-corrected chi connectivity index (χ2v) is 5.41. The predicted molar refractivity (Wildman–Crippen MR) is 72.5 cm³/mol. The first kappa shape index (κ1) is 14.1. The summed E-state index contributed by atoms with van der Waals surface area (Å²) in [5, 5.41) is 3.82. The van der Waals surface area contributed by atoms with E-state index in [0.29, 0.717) is 19.0 Å². The van der Waals surface area contributed by atoms with Gasteiger partial charge in [-0.1, -0.05) is 11.6 Å². The van der Waals surface area contributed by atoms with Crippen molar-refractivity contribution in [2.75, 3.05) is 20.6 Å². The van der Waals surface area contributed by atoms with E-state index in [1.165, 1.54) is 25.5 Å². The molecule has 0 aliphatic carbocycles. The van der Waals surface area contributed by atoms with Gasteiger partial charge < -0.3 is 14.3 Å². The molecule has 5 nitrogen and oxygen atoms in total. The van der Waals surface area contributed by atoms with Gasteiger partial charge in [-0.3, -0.25) is 4.79 Å². The fraction of sp³-hybridized carbons (Fsp3) is 0.714. The second kappa shape index (κ2) is 6.70. The van der Waals surface area contributed by atoms with Crippen molar-refractivity contribution < 1.29 is 9.32 Å². The molecule has 2 heterocycles. The standard InChI is InChI=1S/C14H23N3O2/c1-16-9-4-3-5-13(16)6-7-14(18)17(2)11-12-8-10-19-15-12/h8,10,13H,3-7,9,11H2,1-2H3. The van der Waals surface area contributed by atoms with E-state index in [9.17, 15) is 4.79 Å². The molecule has 5 heteroatoms. The Morgan fingerprint density at radius 1 is 1.58 bits per heavy atom. The van der Waals surface area contributed by atoms with E-state index in [-0.39, 0.29) is 5.91 Å². The lowest BCUT2D eigenvalue weighted by Gasteiger charge is -2.32. The van der Waals surface area contributed by atoms with Crippen LogP contribution < -0.4 is 0 Å². The van der Waals surface area contributed by atoms with Crippen LogP contribution in [0.3, 0.4) is 0 Å². The Hall–Kier alpha value is -1.36. The molecule has 1 atom stereocenters. The number of nitrogens with zero attached hydrogens (tertiary/aromatic N) is 3. The SMILES string of the molecule is CN(Cc1ccon1)C(=O)CCC1CCCCN1C. The van der Waals surface area contributed by atoms with Crippen molar-refractivity contribution in [3.63, 3.8) is 0 Å². The molecule has 1 unspecified atom stereocenters. The van der Waals surface area contributed by atoms with Crippen molar-refractivity contribution in [3.8, 4) is 0 Å². The van der Waals surface area contributed by atoms with Gasteiger partial charge in [-0.15, -0.1) is 0 Å². The molecule has 1 aromatic heterocycles. The molecule has 19 heavy (non-hydrogen) atoms. The number of carbonyl (C=O) groups excluding carboxylic acids is 1. The van der Waals surface area contributed by atoms with Gasteiger partial charge in [0.15, 0.2) is 0 Å². The number of aromatic nitrogens is 1. The Kier molecular flexibility index (Phi) is 4.96. The van der Waals surface area contributed by atoms with Crippen molar-refractivity contribution in [2.24, 2.45) is 0 Å². The van der Waals surface area contributed by atoms with Gasteiger partial charge in [0.1, 0.15) is 12.0 Å². The van der Waals surface area contributed by atoms with Crippen LogP contribution in [-0.2, 0) is 11.3 Å². The van der Waals surface area contributed by atoms with Crippen molar-refractivity contribution in [1.29, 1.82) is 0 Å². The van der Waals surface area contributed by atoms with Gasteiger partial charge in [-0.2, -0.15) is 0 Å². The maximum atomic E-state index is 12.1. The van der Waals surface area contributed by atoms with Crippen molar-refractivity contribution in [2.45, 2.75) is 44.7 Å². The third kappa shape index (κ3) is 4.06. The molecule has 0 bridgehead atoms. The predicted octanol–water partition coefficient (Wildman–Crippen LogP) is 1.90. The summed E-state index contributed by atoms with van der Waals surface area (Å²) in [6, 6.07) is 2.36. The number of piperidine rings is 1. The monoisotopic (exact) mass is 265 g/mol. The smallest absolute Gasteiger partial charge is 0.222 e. The van der Waals surface area contributed by atoms with Crippen LogP contribution >= 0.6 is 0 Å². The second-order valence-electron chi connectivity index (χ2n) is 5.41. The highest BCUT2D eigenvalue weighted by atomic mass is 16.5. The van der Waals surface area contributed by atoms with Crippen LogP contribution in [-0.4, -0.2) is 47.5 Å². The van der Waals surface area contributed by atoms with Crippen LogP contribution in [0, 0.1) is 0 Å². The first-order valence-corrected chi connectivity index (χ1v) is 7.00. The third-order valence-electron chi connectivity index (χ3n) is 3.93. The molecule has 0 radical (unpaired) electrons. The van der Waals surface area contributed by atoms with E-state index >= 15 is 0 Å². The Balaban J connectivity index is 1.74. The molecule has 1 fully saturated rings. The minimum atomic E-state index is 0.182. The molecule has 0 aromatic carbocycles. The molecule has 2 rings (SSSR count). The molecule has 106 valence electrons. The average molecular weight is 265 g/mol. The largest absolute Gasteiger partial charge is 0.364 e. The first-order valence-electron chi connectivity index (χ1n) is 7.00. The van der Waals surface area contributed by atoms with Crippen LogP contribution in [0.5, 0.6) is 0 Å². The molecule has 1 aliphatic rings. The lowest BCUT2D eigenvalue weighted by Crippen LogP contribution is -2.37. The highest BCUT2D eigenvalue weighted by Crippen LogP contribution is 2.19. The zero-order valence-electron chi connectivity index (χ0n) is 11.8. The van der Waals surface area contributed by atoms with E-state index < -0.39 is 0 Å². The molecule has 1 saturated heterocycles. The molecular weight excluding hydrogens is 242 g/mol. The Labute approximate surface area is 114 Å². The van der Waals surface area contributed by atoms with Gasteiger partial charge in [-0.25, -0.2) is 0 Å². The third-order valence-corrected chi connectivity index (χ3v) is 3.93. The number of likely N-dealkylation sites (tertiary alicyclic amines) is 1. The molecular formula is C14H23N3O2. The van der Waals surface area contributed by atoms with E-state index in [4.69, 9.17) is 4.52 Å². The molecule has 0 N–H and O–H groups in total. The van der Waals surface area contributed by atoms with Crippen LogP contribution in [0.4, 0.5) is 0 Å². The quantitative estimate of drug-likeness (QED) is 0.816. The van der Waals surface area contributed by atoms with Gasteiger partial charge in [0.25, 0.3) is 0 Å². The highest BCUT2D eigenvalue weighted by molar-refractivity contribution is 5.75. The highest BCUT2D eigenvalue weighted by Gasteiger charge is 2.20. The van der Waals surface area contributed by atoms with Gasteiger partial charge in [0.05, 0.1) is 6.54 Å². The summed E-state index contributed by atoms with van der Waals surface area (Å²) in [6.45, 7) is 1.68. The normalized spacial score (nSPS) is 20.4. The number of carbonyl (C=O) groups is 1. The average Bonchev–Trinajstić information content (AvgIpc) is 2.90. The van der Waals surface area contributed by atoms with Crippen LogP contribution in [0.2, 0.25) is 0 Å². The molecule has 1 aromatic rings. The van der Waals surface area contributed by atoms with Crippen LogP contribution in [0.15, 0.2) is 16.9 Å². The van der Waals surface area contributed by atoms with E-state index in [1.807, 2.05) is 7.05 Å². The topological polar surface area (TPSA) is 49.6 Å². The zero-order chi connectivity index (χ0) is 13.7. The summed E-state index contributed by atoms with van der Waals surface area (Å²) in [6.07, 6.45) is 6.90. The lowest BCUT2D eigenvalue weighted by atomic mass is 9.98. The summed E-state index contributed by atoms with van der Waals surface area (Å²) in [7, 11) is 3.98. The summed E-state index contributed by atoms with van der Waals surface area (Å²) >= 11 is 0. The zero-order valence-corrected chi connectivity index (χ0v) is 11.8. The minimum Gasteiger partial charge on any atom is -0.364 e. The van der Waals surface area contributed by atoms with E-state index in [0.717, 1.165) is 18.7 Å². The fourth-order valence-electron chi connectivity index (χ4n) is 2.64. The van der Waals surface area contributed by atoms with Gasteiger partial charge in [0, 0.05) is 25.6 Å². The summed E-state index contributed by atoms with van der Waals surface area (Å²) < 4.78 is 4.77. The van der Waals surface area contributed by atoms with Gasteiger partial charge >= 0.3 is 0 Å². The number of amides is 1. The Bertz CT molecular complexity index is 391. The molecule has 1 aliphatic heterocycles. The fourth-order valence-corrected chi connectivity index (χ4v) is 2.64. The van der Waals surface area contributed by atoms with Crippen LogP contribution in [0.1, 0.15) is 37.8 Å². The van der Waals surface area contributed by atoms with E-state index in [1.54, 1.807) is 11.0 Å². The Morgan fingerprint density at radius 2 is 2.42 bits per heavy atom. The molecule has 0 spiro atoms. The number of hydrogen-bond acceptors (Lipinski definition) is 4. The maximum absolute atomic E-state index is 12.1. The number of rotatable bonds is 5. The van der Waals surface area contributed by atoms with Gasteiger partial charge in [-0.05, 0) is 32.9 Å². The maximum Gasteiger partial charge on any atom is 0.222 e. The van der Waals surface area contributed by atoms with Crippen molar-refractivity contribution in [3.05, 3.63) is 18.0 Å². The van der Waals surface area contributed by atoms with Crippen LogP contribution in [0.25, 0.3) is 0 Å². The molecule has 0 saturated carbocycles. The molecule has 1 amide bonds. The van der Waals surface area contributed by atoms with E-state index in [2.05, 4.69) is 17.1 Å². The van der Waals surface area contributed by atoms with Crippen molar-refractivity contribution in [1.82, 2.24) is 15.0 Å². The Morgan fingerprint density at radius 3 is 3.11 bits per heavy atom. The first-order chi connectivity index (χ1) is 9.16. The summed E-state index contributed by atoms with van der Waals surface area (Å²) in [5.74, 6) is 0.182. The van der Waals surface area contributed by atoms with Gasteiger partial charge in [0.2, 0.25) is 5.91 Å². The lowest BCUT2D eigenvalue weighted by molar-refractivity contribution is -0.130. The number of hydrogen-bond donors (Lipinski definition) is 0.